The highest BCUT2D eigenvalue weighted by atomic mass is 19.4. The molecular formula is C21H28F6N6O4. The molecule has 3 aliphatic heterocycles. The van der Waals surface area contributed by atoms with Gasteiger partial charge in [0.2, 0.25) is 5.82 Å². The van der Waals surface area contributed by atoms with Gasteiger partial charge in [-0.3, -0.25) is 9.69 Å². The number of hydrogen-bond donors (Lipinski definition) is 1. The van der Waals surface area contributed by atoms with E-state index in [1.807, 2.05) is 0 Å². The molecule has 0 spiro atoms. The number of nitrogens with zero attached hydrogens (tertiary/aromatic N) is 5. The second kappa shape index (κ2) is 10.3. The van der Waals surface area contributed by atoms with Crippen molar-refractivity contribution < 1.29 is 45.4 Å². The van der Waals surface area contributed by atoms with E-state index in [-0.39, 0.29) is 31.8 Å². The van der Waals surface area contributed by atoms with Crippen LogP contribution in [0.15, 0.2) is 0 Å². The van der Waals surface area contributed by atoms with Crippen LogP contribution in [0.4, 0.5) is 31.1 Å². The lowest BCUT2D eigenvalue weighted by Gasteiger charge is -2.40. The van der Waals surface area contributed by atoms with Crippen molar-refractivity contribution in [3.05, 3.63) is 11.6 Å². The van der Waals surface area contributed by atoms with Crippen LogP contribution in [0.2, 0.25) is 0 Å². The van der Waals surface area contributed by atoms with Gasteiger partial charge in [-0.1, -0.05) is 0 Å². The molecule has 0 saturated carbocycles. The molecule has 0 atom stereocenters. The van der Waals surface area contributed by atoms with Crippen molar-refractivity contribution in [2.75, 3.05) is 32.8 Å². The Bertz CT molecular complexity index is 971. The molecule has 0 aromatic carbocycles. The smallest absolute Gasteiger partial charge is 0.426 e. The van der Waals surface area contributed by atoms with E-state index in [0.29, 0.717) is 38.2 Å². The molecule has 0 bridgehead atoms. The standard InChI is InChI=1S/C21H28F6N6O4/c1-19(4-6-31(7-5-19)18(35)37-17(20(22,23)24)21(25,26)27)28-16(34)15-30-29-14-12-32(8-9-33(14)15)13-2-10-36-11-3-13/h13,17H,2-12H2,1H3,(H,28,34). The molecule has 2 amide bonds. The molecule has 0 aliphatic carbocycles. The van der Waals surface area contributed by atoms with Crippen LogP contribution in [-0.4, -0.2) is 99.5 Å². The third-order valence-corrected chi connectivity index (χ3v) is 7.05. The summed E-state index contributed by atoms with van der Waals surface area (Å²) in [5.74, 6) is 0.295. The van der Waals surface area contributed by atoms with Crippen LogP contribution >= 0.6 is 0 Å². The molecule has 2 saturated heterocycles. The highest BCUT2D eigenvalue weighted by molar-refractivity contribution is 5.91. The number of hydrogen-bond acceptors (Lipinski definition) is 7. The van der Waals surface area contributed by atoms with Gasteiger partial charge in [-0.05, 0) is 32.6 Å². The number of ether oxygens (including phenoxy) is 2. The molecule has 16 heteroatoms. The summed E-state index contributed by atoms with van der Waals surface area (Å²) in [6.07, 6.45) is -15.5. The monoisotopic (exact) mass is 542 g/mol. The van der Waals surface area contributed by atoms with Crippen molar-refractivity contribution in [1.82, 2.24) is 29.9 Å². The van der Waals surface area contributed by atoms with E-state index >= 15 is 0 Å². The number of likely N-dealkylation sites (tertiary alicyclic amines) is 1. The third kappa shape index (κ3) is 6.27. The minimum absolute atomic E-state index is 0.0923. The number of carbonyl (C=O) groups is 2. The Hall–Kier alpha value is -2.62. The van der Waals surface area contributed by atoms with Gasteiger partial charge in [0.15, 0.2) is 0 Å². The molecule has 1 aromatic heterocycles. The first kappa shape index (κ1) is 27.4. The van der Waals surface area contributed by atoms with Crippen molar-refractivity contribution in [3.63, 3.8) is 0 Å². The normalized spacial score (nSPS) is 21.6. The fourth-order valence-electron chi connectivity index (χ4n) is 4.84. The number of halogens is 6. The minimum Gasteiger partial charge on any atom is -0.426 e. The molecule has 4 rings (SSSR count). The minimum atomic E-state index is -5.79. The molecule has 208 valence electrons. The van der Waals surface area contributed by atoms with E-state index in [4.69, 9.17) is 4.74 Å². The van der Waals surface area contributed by atoms with Crippen molar-refractivity contribution >= 4 is 12.0 Å². The zero-order chi connectivity index (χ0) is 27.0. The summed E-state index contributed by atoms with van der Waals surface area (Å²) >= 11 is 0. The maximum absolute atomic E-state index is 13.0. The topological polar surface area (TPSA) is 102 Å². The maximum Gasteiger partial charge on any atom is 0.434 e. The van der Waals surface area contributed by atoms with E-state index in [1.165, 1.54) is 0 Å². The number of alkyl halides is 6. The second-order valence-electron chi connectivity index (χ2n) is 9.75. The van der Waals surface area contributed by atoms with Crippen LogP contribution in [0, 0.1) is 0 Å². The fourth-order valence-corrected chi connectivity index (χ4v) is 4.84. The van der Waals surface area contributed by atoms with E-state index in [2.05, 4.69) is 25.2 Å². The molecule has 1 N–H and O–H groups in total. The van der Waals surface area contributed by atoms with Crippen LogP contribution in [-0.2, 0) is 22.6 Å². The van der Waals surface area contributed by atoms with Crippen LogP contribution < -0.4 is 5.32 Å². The first-order valence-electron chi connectivity index (χ1n) is 11.9. The van der Waals surface area contributed by atoms with E-state index in [0.717, 1.165) is 24.3 Å². The summed E-state index contributed by atoms with van der Waals surface area (Å²) in [4.78, 5) is 28.1. The summed E-state index contributed by atoms with van der Waals surface area (Å²) in [6.45, 7) is 4.50. The molecule has 10 nitrogen and oxygen atoms in total. The van der Waals surface area contributed by atoms with Crippen molar-refractivity contribution in [2.45, 2.75) is 75.7 Å². The van der Waals surface area contributed by atoms with Gasteiger partial charge in [-0.15, -0.1) is 10.2 Å². The molecule has 0 unspecified atom stereocenters. The van der Waals surface area contributed by atoms with E-state index in [1.54, 1.807) is 11.5 Å². The number of nitrogens with one attached hydrogen (secondary N) is 1. The third-order valence-electron chi connectivity index (χ3n) is 7.05. The first-order valence-corrected chi connectivity index (χ1v) is 11.9. The van der Waals surface area contributed by atoms with Crippen LogP contribution in [0.1, 0.15) is 49.1 Å². The zero-order valence-electron chi connectivity index (χ0n) is 20.1. The van der Waals surface area contributed by atoms with Crippen molar-refractivity contribution in [3.8, 4) is 0 Å². The molecule has 3 aliphatic rings. The summed E-state index contributed by atoms with van der Waals surface area (Å²) < 4.78 is 87.1. The highest BCUT2D eigenvalue weighted by Gasteiger charge is 2.60. The molecular weight excluding hydrogens is 514 g/mol. The lowest BCUT2D eigenvalue weighted by Crippen LogP contribution is -2.56. The largest absolute Gasteiger partial charge is 0.434 e. The molecule has 2 fully saturated rings. The fraction of sp³-hybridized carbons (Fsp3) is 0.810. The Morgan fingerprint density at radius 3 is 2.24 bits per heavy atom. The number of piperidine rings is 1. The average Bonchev–Trinajstić information content (AvgIpc) is 3.25. The van der Waals surface area contributed by atoms with Gasteiger partial charge >= 0.3 is 18.4 Å². The second-order valence-corrected chi connectivity index (χ2v) is 9.75. The predicted octanol–water partition coefficient (Wildman–Crippen LogP) is 2.49. The summed E-state index contributed by atoms with van der Waals surface area (Å²) in [6, 6.07) is 0.384. The lowest BCUT2D eigenvalue weighted by molar-refractivity contribution is -0.308. The Morgan fingerprint density at radius 1 is 1.03 bits per heavy atom. The van der Waals surface area contributed by atoms with Crippen molar-refractivity contribution in [2.24, 2.45) is 0 Å². The SMILES string of the molecule is CC1(NC(=O)c2nnc3n2CCN(C2CCOCC2)C3)CCN(C(=O)OC(C(F)(F)F)C(F)(F)F)CC1. The zero-order valence-corrected chi connectivity index (χ0v) is 20.1. The predicted molar refractivity (Wildman–Crippen MR) is 113 cm³/mol. The Kier molecular flexibility index (Phi) is 7.61. The van der Waals surface area contributed by atoms with Crippen LogP contribution in [0.25, 0.3) is 0 Å². The molecule has 1 aromatic rings. The van der Waals surface area contributed by atoms with Gasteiger partial charge in [0.1, 0.15) is 5.82 Å². The van der Waals surface area contributed by atoms with E-state index < -0.39 is 36.0 Å². The van der Waals surface area contributed by atoms with Gasteiger partial charge in [0.25, 0.3) is 12.0 Å². The molecule has 37 heavy (non-hydrogen) atoms. The van der Waals surface area contributed by atoms with Gasteiger partial charge in [0, 0.05) is 51.0 Å². The highest BCUT2D eigenvalue weighted by Crippen LogP contribution is 2.36. The quantitative estimate of drug-likeness (QED) is 0.584. The van der Waals surface area contributed by atoms with Gasteiger partial charge in [0.05, 0.1) is 6.54 Å². The number of rotatable bonds is 4. The van der Waals surface area contributed by atoms with Gasteiger partial charge < -0.3 is 24.3 Å². The Labute approximate surface area is 208 Å². The van der Waals surface area contributed by atoms with Gasteiger partial charge in [-0.2, -0.15) is 26.3 Å². The number of aromatic nitrogens is 3. The van der Waals surface area contributed by atoms with Crippen molar-refractivity contribution in [1.29, 1.82) is 0 Å². The molecule has 4 heterocycles. The maximum atomic E-state index is 13.0. The van der Waals surface area contributed by atoms with Gasteiger partial charge in [-0.25, -0.2) is 4.79 Å². The summed E-state index contributed by atoms with van der Waals surface area (Å²) in [5, 5.41) is 11.1. The average molecular weight is 542 g/mol. The van der Waals surface area contributed by atoms with Crippen LogP contribution in [0.3, 0.4) is 0 Å². The summed E-state index contributed by atoms with van der Waals surface area (Å²) in [5.41, 5.74) is -0.865. The Morgan fingerprint density at radius 2 is 1.65 bits per heavy atom. The number of carbonyl (C=O) groups excluding carboxylic acids is 2. The summed E-state index contributed by atoms with van der Waals surface area (Å²) in [7, 11) is 0. The molecule has 0 radical (unpaired) electrons. The van der Waals surface area contributed by atoms with Crippen LogP contribution in [0.5, 0.6) is 0 Å². The first-order chi connectivity index (χ1) is 17.3. The lowest BCUT2D eigenvalue weighted by atomic mass is 9.89. The number of fused-ring (bicyclic) bond motifs is 1. The van der Waals surface area contributed by atoms with E-state index in [9.17, 15) is 35.9 Å². The Balaban J connectivity index is 1.32. The number of amides is 2.